The minimum atomic E-state index is -1.76. The lowest BCUT2D eigenvalue weighted by molar-refractivity contribution is 0.465. The van der Waals surface area contributed by atoms with E-state index in [1.807, 2.05) is 43.3 Å². The zero-order valence-corrected chi connectivity index (χ0v) is 10.9. The first-order valence-electron chi connectivity index (χ1n) is 5.63. The molecule has 2 rings (SSSR count). The van der Waals surface area contributed by atoms with E-state index in [1.165, 1.54) is 5.56 Å². The molecule has 2 aromatic rings. The molecule has 1 unspecified atom stereocenters. The Morgan fingerprint density at radius 3 is 2.61 bits per heavy atom. The first-order valence-corrected chi connectivity index (χ1v) is 6.91. The minimum Gasteiger partial charge on any atom is -0.441 e. The number of aromatic nitrogens is 1. The van der Waals surface area contributed by atoms with E-state index in [9.17, 15) is 4.21 Å². The van der Waals surface area contributed by atoms with Crippen LogP contribution in [0, 0.1) is 6.92 Å². The molecule has 0 fully saturated rings. The van der Waals surface area contributed by atoms with Crippen molar-refractivity contribution < 1.29 is 13.5 Å². The van der Waals surface area contributed by atoms with E-state index in [4.69, 9.17) is 9.29 Å². The molecule has 1 atom stereocenters. The zero-order valence-electron chi connectivity index (χ0n) is 10.1. The molecule has 0 bridgehead atoms. The van der Waals surface area contributed by atoms with Gasteiger partial charge in [-0.3, -0.25) is 0 Å². The van der Waals surface area contributed by atoms with Gasteiger partial charge in [0, 0.05) is 18.2 Å². The molecule has 0 aliphatic heterocycles. The second kappa shape index (κ2) is 5.84. The van der Waals surface area contributed by atoms with Gasteiger partial charge in [-0.25, -0.2) is 4.21 Å². The van der Waals surface area contributed by atoms with Crippen molar-refractivity contribution >= 4 is 11.1 Å². The fourth-order valence-electron chi connectivity index (χ4n) is 1.55. The van der Waals surface area contributed by atoms with Crippen molar-refractivity contribution in [3.05, 3.63) is 47.7 Å². The van der Waals surface area contributed by atoms with Crippen LogP contribution in [0.3, 0.4) is 0 Å². The Morgan fingerprint density at radius 1 is 1.22 bits per heavy atom. The molecule has 0 saturated heterocycles. The monoisotopic (exact) mass is 265 g/mol. The number of aryl methyl sites for hydroxylation is 2. The van der Waals surface area contributed by atoms with Gasteiger partial charge < -0.3 is 14.3 Å². The molecule has 1 aromatic carbocycles. The van der Waals surface area contributed by atoms with Gasteiger partial charge in [0.15, 0.2) is 17.0 Å². The van der Waals surface area contributed by atoms with Crippen LogP contribution in [0.15, 0.2) is 36.4 Å². The van der Waals surface area contributed by atoms with E-state index in [0.29, 0.717) is 12.3 Å². The fourth-order valence-corrected chi connectivity index (χ4v) is 1.95. The second-order valence-electron chi connectivity index (χ2n) is 4.04. The topological polar surface area (TPSA) is 62.3 Å². The summed E-state index contributed by atoms with van der Waals surface area (Å²) in [5.41, 5.74) is 2.07. The molecule has 0 aliphatic carbocycles. The van der Waals surface area contributed by atoms with E-state index in [2.05, 4.69) is 4.98 Å². The van der Waals surface area contributed by atoms with Crippen LogP contribution in [0.5, 0.6) is 11.6 Å². The van der Waals surface area contributed by atoms with Gasteiger partial charge in [-0.2, -0.15) is 0 Å². The highest BCUT2D eigenvalue weighted by atomic mass is 32.2. The van der Waals surface area contributed by atoms with Crippen LogP contribution in [0.1, 0.15) is 11.3 Å². The Bertz CT molecular complexity index is 533. The summed E-state index contributed by atoms with van der Waals surface area (Å²) >= 11 is -1.76. The first kappa shape index (κ1) is 12.9. The molecule has 0 spiro atoms. The van der Waals surface area contributed by atoms with Crippen molar-refractivity contribution in [2.75, 3.05) is 5.75 Å². The molecule has 0 radical (unpaired) electrons. The third-order valence-electron chi connectivity index (χ3n) is 2.51. The number of hydrogen-bond acceptors (Lipinski definition) is 2. The lowest BCUT2D eigenvalue weighted by atomic mass is 10.2. The Hall–Kier alpha value is -1.59. The van der Waals surface area contributed by atoms with Crippen molar-refractivity contribution in [3.63, 3.8) is 0 Å². The summed E-state index contributed by atoms with van der Waals surface area (Å²) in [6.45, 7) is 2.02. The summed E-state index contributed by atoms with van der Waals surface area (Å²) in [6, 6.07) is 11.4. The highest BCUT2D eigenvalue weighted by molar-refractivity contribution is 7.79. The number of rotatable bonds is 5. The van der Waals surface area contributed by atoms with Gasteiger partial charge in [0.2, 0.25) is 0 Å². The number of benzene rings is 1. The predicted molar refractivity (Wildman–Crippen MR) is 71.4 cm³/mol. The zero-order chi connectivity index (χ0) is 13.0. The molecule has 0 aliphatic rings. The lowest BCUT2D eigenvalue weighted by Crippen LogP contribution is -1.99. The summed E-state index contributed by atoms with van der Waals surface area (Å²) in [5.74, 6) is 1.63. The van der Waals surface area contributed by atoms with Crippen molar-refractivity contribution in [3.8, 4) is 11.6 Å². The summed E-state index contributed by atoms with van der Waals surface area (Å²) in [6.07, 6.45) is 0.528. The Morgan fingerprint density at radius 2 is 1.94 bits per heavy atom. The van der Waals surface area contributed by atoms with Gasteiger partial charge >= 0.3 is 0 Å². The number of ether oxygens (including phenoxy) is 1. The maximum atomic E-state index is 10.6. The average Bonchev–Trinajstić information content (AvgIpc) is 2.77. The van der Waals surface area contributed by atoms with Crippen LogP contribution in [0.25, 0.3) is 0 Å². The highest BCUT2D eigenvalue weighted by Gasteiger charge is 2.03. The van der Waals surface area contributed by atoms with Crippen LogP contribution in [0.4, 0.5) is 0 Å². The van der Waals surface area contributed by atoms with E-state index in [1.54, 1.807) is 0 Å². The maximum absolute atomic E-state index is 10.6. The van der Waals surface area contributed by atoms with Gasteiger partial charge in [-0.1, -0.05) is 17.7 Å². The van der Waals surface area contributed by atoms with Gasteiger partial charge in [-0.05, 0) is 25.1 Å². The van der Waals surface area contributed by atoms with Crippen LogP contribution in [-0.2, 0) is 17.5 Å². The maximum Gasteiger partial charge on any atom is 0.197 e. The van der Waals surface area contributed by atoms with Crippen LogP contribution >= 0.6 is 0 Å². The molecule has 0 amide bonds. The smallest absolute Gasteiger partial charge is 0.197 e. The van der Waals surface area contributed by atoms with E-state index in [0.717, 1.165) is 11.4 Å². The summed E-state index contributed by atoms with van der Waals surface area (Å²) in [5, 5.41) is 0. The summed E-state index contributed by atoms with van der Waals surface area (Å²) in [7, 11) is 0. The third kappa shape index (κ3) is 3.72. The average molecular weight is 265 g/mol. The van der Waals surface area contributed by atoms with E-state index in [-0.39, 0.29) is 5.75 Å². The number of nitrogens with one attached hydrogen (secondary N) is 1. The van der Waals surface area contributed by atoms with Gasteiger partial charge in [0.25, 0.3) is 0 Å². The first-order chi connectivity index (χ1) is 8.63. The van der Waals surface area contributed by atoms with Crippen LogP contribution < -0.4 is 4.74 Å². The largest absolute Gasteiger partial charge is 0.441 e. The molecule has 18 heavy (non-hydrogen) atoms. The van der Waals surface area contributed by atoms with Crippen LogP contribution in [0.2, 0.25) is 0 Å². The standard InChI is InChI=1S/C13H15NO3S/c1-10-2-5-12(6-3-10)17-13-7-4-11(14-13)8-9-18(15)16/h2-7,14H,8-9H2,1H3,(H,15,16). The normalized spacial score (nSPS) is 12.3. The highest BCUT2D eigenvalue weighted by Crippen LogP contribution is 2.21. The van der Waals surface area contributed by atoms with Crippen molar-refractivity contribution in [2.45, 2.75) is 13.3 Å². The number of hydrogen-bond donors (Lipinski definition) is 2. The molecule has 0 saturated carbocycles. The Balaban J connectivity index is 1.97. The molecular weight excluding hydrogens is 250 g/mol. The summed E-state index contributed by atoms with van der Waals surface area (Å²) in [4.78, 5) is 3.06. The molecule has 4 nitrogen and oxygen atoms in total. The number of H-pyrrole nitrogens is 1. The minimum absolute atomic E-state index is 0.227. The second-order valence-corrected chi connectivity index (χ2v) is 5.09. The SMILES string of the molecule is Cc1ccc(Oc2ccc(CCS(=O)O)[nH]2)cc1. The molecule has 1 aromatic heterocycles. The fraction of sp³-hybridized carbons (Fsp3) is 0.231. The van der Waals surface area contributed by atoms with Gasteiger partial charge in [0.1, 0.15) is 5.75 Å². The quantitative estimate of drug-likeness (QED) is 0.817. The Labute approximate surface area is 108 Å². The Kier molecular flexibility index (Phi) is 4.17. The molecule has 2 N–H and O–H groups in total. The molecule has 96 valence electrons. The predicted octanol–water partition coefficient (Wildman–Crippen LogP) is 2.88. The molecule has 1 heterocycles. The summed E-state index contributed by atoms with van der Waals surface area (Å²) < 4.78 is 24.9. The lowest BCUT2D eigenvalue weighted by Gasteiger charge is -2.03. The van der Waals surface area contributed by atoms with Gasteiger partial charge in [0.05, 0.1) is 5.75 Å². The van der Waals surface area contributed by atoms with E-state index >= 15 is 0 Å². The third-order valence-corrected chi connectivity index (χ3v) is 3.07. The van der Waals surface area contributed by atoms with Gasteiger partial charge in [-0.15, -0.1) is 0 Å². The van der Waals surface area contributed by atoms with Crippen LogP contribution in [-0.4, -0.2) is 19.5 Å². The molecule has 5 heteroatoms. The van der Waals surface area contributed by atoms with E-state index < -0.39 is 11.1 Å². The molecular formula is C13H15NO3S. The van der Waals surface area contributed by atoms with Crippen molar-refractivity contribution in [1.29, 1.82) is 0 Å². The number of aromatic amines is 1. The van der Waals surface area contributed by atoms with Crippen molar-refractivity contribution in [2.24, 2.45) is 0 Å². The van der Waals surface area contributed by atoms with Crippen molar-refractivity contribution in [1.82, 2.24) is 4.98 Å².